The van der Waals surface area contributed by atoms with Crippen molar-refractivity contribution in [3.05, 3.63) is 59.9 Å². The van der Waals surface area contributed by atoms with Gasteiger partial charge in [0.1, 0.15) is 5.82 Å². The highest BCUT2D eigenvalue weighted by Crippen LogP contribution is 2.34. The molecule has 0 saturated carbocycles. The molecular formula is C24H29ClN3O-. The number of carbonyl (C=O) groups excluding carboxylic acids is 1. The number of fused-ring (bicyclic) bond motifs is 1. The standard InChI is InChI=1S/C24H29N3O.ClH/c1-3-5-10-15-26-22-14-9-7-12-20(22)25-24(26)19-16-23(28)27(17-19)21-13-8-6-11-18(21)4-2;/h6-9,11-14,19H,3-5,10,15-17H2,1-2H3;1H/p-1. The zero-order valence-electron chi connectivity index (χ0n) is 17.3. The maximum Gasteiger partial charge on any atom is 0.227 e. The molecule has 4 rings (SSSR count). The Morgan fingerprint density at radius 3 is 2.59 bits per heavy atom. The van der Waals surface area contributed by atoms with Crippen molar-refractivity contribution in [3.63, 3.8) is 0 Å². The van der Waals surface area contributed by atoms with E-state index in [4.69, 9.17) is 4.98 Å². The average Bonchev–Trinajstić information content (AvgIpc) is 3.29. The van der Waals surface area contributed by atoms with Crippen LogP contribution < -0.4 is 17.3 Å². The molecule has 1 atom stereocenters. The van der Waals surface area contributed by atoms with Crippen LogP contribution in [0, 0.1) is 0 Å². The van der Waals surface area contributed by atoms with Crippen molar-refractivity contribution in [1.82, 2.24) is 9.55 Å². The van der Waals surface area contributed by atoms with Crippen LogP contribution in [0.25, 0.3) is 11.0 Å². The van der Waals surface area contributed by atoms with Crippen molar-refractivity contribution in [3.8, 4) is 0 Å². The fourth-order valence-electron chi connectivity index (χ4n) is 4.35. The summed E-state index contributed by atoms with van der Waals surface area (Å²) in [4.78, 5) is 19.8. The van der Waals surface area contributed by atoms with E-state index >= 15 is 0 Å². The van der Waals surface area contributed by atoms with Crippen LogP contribution >= 0.6 is 0 Å². The minimum absolute atomic E-state index is 0. The van der Waals surface area contributed by atoms with E-state index < -0.39 is 0 Å². The first-order chi connectivity index (χ1) is 13.7. The summed E-state index contributed by atoms with van der Waals surface area (Å²) in [6.45, 7) is 6.06. The molecule has 1 aliphatic rings. The zero-order valence-corrected chi connectivity index (χ0v) is 18.0. The number of nitrogens with zero attached hydrogens (tertiary/aromatic N) is 3. The van der Waals surface area contributed by atoms with E-state index in [-0.39, 0.29) is 24.2 Å². The third-order valence-corrected chi connectivity index (χ3v) is 5.82. The van der Waals surface area contributed by atoms with Gasteiger partial charge >= 0.3 is 0 Å². The van der Waals surface area contributed by atoms with Crippen LogP contribution in [-0.2, 0) is 17.8 Å². The van der Waals surface area contributed by atoms with E-state index in [1.165, 1.54) is 23.9 Å². The van der Waals surface area contributed by atoms with Crippen LogP contribution in [0.15, 0.2) is 48.5 Å². The first-order valence-corrected chi connectivity index (χ1v) is 10.6. The van der Waals surface area contributed by atoms with Crippen molar-refractivity contribution in [2.75, 3.05) is 11.4 Å². The molecular weight excluding hydrogens is 382 g/mol. The predicted octanol–water partition coefficient (Wildman–Crippen LogP) is 2.31. The van der Waals surface area contributed by atoms with Crippen LogP contribution in [0.1, 0.15) is 56.8 Å². The number of hydrogen-bond donors (Lipinski definition) is 0. The Morgan fingerprint density at radius 1 is 1.03 bits per heavy atom. The van der Waals surface area contributed by atoms with Crippen molar-refractivity contribution < 1.29 is 17.2 Å². The Morgan fingerprint density at radius 2 is 1.79 bits per heavy atom. The highest BCUT2D eigenvalue weighted by atomic mass is 35.5. The maximum absolute atomic E-state index is 12.9. The molecule has 0 aliphatic carbocycles. The van der Waals surface area contributed by atoms with Crippen LogP contribution in [0.5, 0.6) is 0 Å². The number of aryl methyl sites for hydroxylation is 2. The molecule has 2 heterocycles. The second kappa shape index (κ2) is 9.45. The summed E-state index contributed by atoms with van der Waals surface area (Å²) in [5, 5.41) is 0. The summed E-state index contributed by atoms with van der Waals surface area (Å²) in [5.41, 5.74) is 4.52. The SMILES string of the molecule is CCCCCn1c(C2CC(=O)N(c3ccccc3CC)C2)nc2ccccc21.[Cl-]. The van der Waals surface area contributed by atoms with Gasteiger partial charge in [0.05, 0.1) is 11.0 Å². The van der Waals surface area contributed by atoms with Crippen molar-refractivity contribution in [2.45, 2.75) is 58.4 Å². The van der Waals surface area contributed by atoms with Gasteiger partial charge in [-0.1, -0.05) is 57.0 Å². The summed E-state index contributed by atoms with van der Waals surface area (Å²) >= 11 is 0. The monoisotopic (exact) mass is 410 g/mol. The molecule has 1 saturated heterocycles. The number of imidazole rings is 1. The third kappa shape index (κ3) is 4.18. The molecule has 1 unspecified atom stereocenters. The van der Waals surface area contributed by atoms with E-state index in [1.807, 2.05) is 23.1 Å². The molecule has 0 radical (unpaired) electrons. The van der Waals surface area contributed by atoms with Gasteiger partial charge in [0.15, 0.2) is 0 Å². The molecule has 0 bridgehead atoms. The largest absolute Gasteiger partial charge is 1.00 e. The number of halogens is 1. The Kier molecular flexibility index (Phi) is 6.96. The van der Waals surface area contributed by atoms with E-state index in [0.717, 1.165) is 36.4 Å². The van der Waals surface area contributed by atoms with Gasteiger partial charge in [0.2, 0.25) is 5.91 Å². The summed E-state index contributed by atoms with van der Waals surface area (Å²) in [5.74, 6) is 1.42. The Labute approximate surface area is 179 Å². The highest BCUT2D eigenvalue weighted by Gasteiger charge is 2.35. The quantitative estimate of drug-likeness (QED) is 0.560. The molecule has 154 valence electrons. The molecule has 0 N–H and O–H groups in total. The normalized spacial score (nSPS) is 16.4. The fourth-order valence-corrected chi connectivity index (χ4v) is 4.35. The van der Waals surface area contributed by atoms with Crippen LogP contribution in [0.2, 0.25) is 0 Å². The Balaban J connectivity index is 0.00000240. The lowest BCUT2D eigenvalue weighted by Crippen LogP contribution is -3.00. The van der Waals surface area contributed by atoms with E-state index in [0.29, 0.717) is 13.0 Å². The van der Waals surface area contributed by atoms with Gasteiger partial charge in [-0.2, -0.15) is 0 Å². The topological polar surface area (TPSA) is 38.1 Å². The van der Waals surface area contributed by atoms with Gasteiger partial charge in [0.25, 0.3) is 0 Å². The van der Waals surface area contributed by atoms with Crippen molar-refractivity contribution in [1.29, 1.82) is 0 Å². The number of amides is 1. The minimum atomic E-state index is 0. The Hall–Kier alpha value is -2.33. The molecule has 0 spiro atoms. The molecule has 1 aliphatic heterocycles. The highest BCUT2D eigenvalue weighted by molar-refractivity contribution is 5.97. The molecule has 2 aromatic carbocycles. The summed E-state index contributed by atoms with van der Waals surface area (Å²) in [6.07, 6.45) is 5.03. The molecule has 1 amide bonds. The lowest BCUT2D eigenvalue weighted by Gasteiger charge is -2.20. The Bertz CT molecular complexity index is 981. The average molecular weight is 411 g/mol. The van der Waals surface area contributed by atoms with Crippen LogP contribution in [0.3, 0.4) is 0 Å². The summed E-state index contributed by atoms with van der Waals surface area (Å²) < 4.78 is 2.36. The van der Waals surface area contributed by atoms with Crippen LogP contribution in [-0.4, -0.2) is 22.0 Å². The van der Waals surface area contributed by atoms with Crippen molar-refractivity contribution in [2.24, 2.45) is 0 Å². The molecule has 1 aromatic heterocycles. The minimum Gasteiger partial charge on any atom is -1.00 e. The van der Waals surface area contributed by atoms with Crippen LogP contribution in [0.4, 0.5) is 5.69 Å². The molecule has 5 heteroatoms. The molecule has 3 aromatic rings. The smallest absolute Gasteiger partial charge is 0.227 e. The van der Waals surface area contributed by atoms with E-state index in [1.54, 1.807) is 0 Å². The zero-order chi connectivity index (χ0) is 19.5. The van der Waals surface area contributed by atoms with Gasteiger partial charge in [-0.15, -0.1) is 0 Å². The second-order valence-corrected chi connectivity index (χ2v) is 7.71. The third-order valence-electron chi connectivity index (χ3n) is 5.82. The molecule has 4 nitrogen and oxygen atoms in total. The maximum atomic E-state index is 12.9. The summed E-state index contributed by atoms with van der Waals surface area (Å²) in [7, 11) is 0. The van der Waals surface area contributed by atoms with Gasteiger partial charge in [-0.25, -0.2) is 4.98 Å². The number of carbonyl (C=O) groups is 1. The van der Waals surface area contributed by atoms with Gasteiger partial charge in [0, 0.05) is 31.1 Å². The number of rotatable bonds is 7. The molecule has 29 heavy (non-hydrogen) atoms. The first-order valence-electron chi connectivity index (χ1n) is 10.6. The van der Waals surface area contributed by atoms with E-state index in [9.17, 15) is 4.79 Å². The number of benzene rings is 2. The number of aromatic nitrogens is 2. The lowest BCUT2D eigenvalue weighted by atomic mass is 10.1. The summed E-state index contributed by atoms with van der Waals surface area (Å²) in [6, 6.07) is 16.6. The second-order valence-electron chi connectivity index (χ2n) is 7.71. The predicted molar refractivity (Wildman–Crippen MR) is 115 cm³/mol. The number of unbranched alkanes of at least 4 members (excludes halogenated alkanes) is 2. The number of hydrogen-bond acceptors (Lipinski definition) is 2. The lowest BCUT2D eigenvalue weighted by molar-refractivity contribution is -0.117. The van der Waals surface area contributed by atoms with Gasteiger partial charge in [-0.3, -0.25) is 4.79 Å². The number of anilines is 1. The number of para-hydroxylation sites is 3. The van der Waals surface area contributed by atoms with Gasteiger partial charge in [-0.05, 0) is 36.6 Å². The van der Waals surface area contributed by atoms with Gasteiger partial charge < -0.3 is 21.9 Å². The van der Waals surface area contributed by atoms with Crippen molar-refractivity contribution >= 4 is 22.6 Å². The fraction of sp³-hybridized carbons (Fsp3) is 0.417. The van der Waals surface area contributed by atoms with E-state index in [2.05, 4.69) is 48.7 Å². The molecule has 1 fully saturated rings. The first kappa shape index (κ1) is 21.4.